The van der Waals surface area contributed by atoms with Crippen LogP contribution in [-0.2, 0) is 13.1 Å². The van der Waals surface area contributed by atoms with Gasteiger partial charge >= 0.3 is 5.97 Å². The van der Waals surface area contributed by atoms with Crippen LogP contribution in [0, 0.1) is 6.92 Å². The lowest BCUT2D eigenvalue weighted by Crippen LogP contribution is -2.08. The van der Waals surface area contributed by atoms with Gasteiger partial charge in [0.05, 0.1) is 33.1 Å². The van der Waals surface area contributed by atoms with Crippen LogP contribution >= 0.6 is 27.5 Å². The van der Waals surface area contributed by atoms with Crippen LogP contribution in [0.4, 0.5) is 0 Å². The van der Waals surface area contributed by atoms with Crippen LogP contribution in [0.3, 0.4) is 0 Å². The van der Waals surface area contributed by atoms with Gasteiger partial charge in [0.15, 0.2) is 0 Å². The van der Waals surface area contributed by atoms with Crippen molar-refractivity contribution in [3.63, 3.8) is 0 Å². The fourth-order valence-electron chi connectivity index (χ4n) is 1.90. The molecule has 0 spiro atoms. The first-order valence-corrected chi connectivity index (χ1v) is 6.91. The largest absolute Gasteiger partial charge is 0.478 e. The maximum atomic E-state index is 10.9. The first-order valence-electron chi connectivity index (χ1n) is 5.74. The fourth-order valence-corrected chi connectivity index (χ4v) is 2.57. The van der Waals surface area contributed by atoms with Crippen molar-refractivity contribution in [2.75, 3.05) is 0 Å². The summed E-state index contributed by atoms with van der Waals surface area (Å²) < 4.78 is 4.31. The zero-order chi connectivity index (χ0) is 14.2. The van der Waals surface area contributed by atoms with Crippen molar-refractivity contribution >= 4 is 33.5 Å². The molecule has 5 nitrogen and oxygen atoms in total. The van der Waals surface area contributed by atoms with Crippen LogP contribution in [0.1, 0.15) is 28.7 Å². The first kappa shape index (κ1) is 14.1. The molecule has 2 rings (SSSR count). The summed E-state index contributed by atoms with van der Waals surface area (Å²) in [6.45, 7) is 5.03. The summed E-state index contributed by atoms with van der Waals surface area (Å²) in [6, 6.07) is 1.57. The molecule has 102 valence electrons. The van der Waals surface area contributed by atoms with E-state index in [4.69, 9.17) is 16.7 Å². The summed E-state index contributed by atoms with van der Waals surface area (Å²) in [4.78, 5) is 10.9. The van der Waals surface area contributed by atoms with Crippen molar-refractivity contribution < 1.29 is 9.90 Å². The van der Waals surface area contributed by atoms with Crippen LogP contribution in [0.25, 0.3) is 0 Å². The molecule has 0 amide bonds. The second-order valence-electron chi connectivity index (χ2n) is 4.15. The number of carbonyl (C=O) groups is 1. The zero-order valence-corrected chi connectivity index (χ0v) is 12.9. The summed E-state index contributed by atoms with van der Waals surface area (Å²) in [6.07, 6.45) is 1.57. The van der Waals surface area contributed by atoms with Gasteiger partial charge in [0.1, 0.15) is 0 Å². The number of aromatic nitrogens is 3. The summed E-state index contributed by atoms with van der Waals surface area (Å²) in [5.41, 5.74) is 1.89. The molecule has 0 radical (unpaired) electrons. The van der Waals surface area contributed by atoms with Crippen LogP contribution in [0.15, 0.2) is 16.9 Å². The molecule has 7 heteroatoms. The Kier molecular flexibility index (Phi) is 4.01. The summed E-state index contributed by atoms with van der Waals surface area (Å²) >= 11 is 9.58. The molecule has 0 bridgehead atoms. The average molecular weight is 347 g/mol. The molecular weight excluding hydrogens is 334 g/mol. The van der Waals surface area contributed by atoms with Crippen molar-refractivity contribution in [1.82, 2.24) is 14.3 Å². The van der Waals surface area contributed by atoms with Gasteiger partial charge in [-0.15, -0.1) is 0 Å². The Balaban J connectivity index is 2.38. The van der Waals surface area contributed by atoms with E-state index in [1.165, 1.54) is 0 Å². The van der Waals surface area contributed by atoms with Crippen LogP contribution < -0.4 is 0 Å². The molecular formula is C12H13BrClN3O2. The summed E-state index contributed by atoms with van der Waals surface area (Å²) in [7, 11) is 0. The third-order valence-corrected chi connectivity index (χ3v) is 4.04. The van der Waals surface area contributed by atoms with Gasteiger partial charge in [0, 0.05) is 12.7 Å². The lowest BCUT2D eigenvalue weighted by molar-refractivity contribution is 0.0697. The molecule has 0 aliphatic heterocycles. The molecule has 2 aromatic rings. The molecule has 19 heavy (non-hydrogen) atoms. The van der Waals surface area contributed by atoms with Crippen LogP contribution in [-0.4, -0.2) is 25.4 Å². The Labute approximate surface area is 123 Å². The van der Waals surface area contributed by atoms with Gasteiger partial charge < -0.3 is 9.67 Å². The Morgan fingerprint density at radius 2 is 2.26 bits per heavy atom. The van der Waals surface area contributed by atoms with E-state index >= 15 is 0 Å². The van der Waals surface area contributed by atoms with Gasteiger partial charge in [-0.3, -0.25) is 4.68 Å². The highest BCUT2D eigenvalue weighted by Gasteiger charge is 2.15. The van der Waals surface area contributed by atoms with E-state index in [0.29, 0.717) is 22.7 Å². The first-order chi connectivity index (χ1) is 8.93. The van der Waals surface area contributed by atoms with Gasteiger partial charge in [0.25, 0.3) is 0 Å². The van der Waals surface area contributed by atoms with E-state index in [-0.39, 0.29) is 5.56 Å². The van der Waals surface area contributed by atoms with E-state index < -0.39 is 5.97 Å². The summed E-state index contributed by atoms with van der Waals surface area (Å²) in [5, 5.41) is 13.9. The maximum absolute atomic E-state index is 10.9. The van der Waals surface area contributed by atoms with Crippen molar-refractivity contribution in [3.8, 4) is 0 Å². The standard InChI is InChI=1S/C12H13BrClN3O2/c1-3-17-9(11(14)7(2)15-17)6-16-5-8(12(18)19)4-10(16)13/h4-5H,3,6H2,1-2H3,(H,18,19). The van der Waals surface area contributed by atoms with Crippen molar-refractivity contribution in [2.24, 2.45) is 0 Å². The zero-order valence-electron chi connectivity index (χ0n) is 10.5. The number of nitrogens with zero attached hydrogens (tertiary/aromatic N) is 3. The van der Waals surface area contributed by atoms with E-state index in [0.717, 1.165) is 11.4 Å². The van der Waals surface area contributed by atoms with E-state index in [9.17, 15) is 4.79 Å². The number of aromatic carboxylic acids is 1. The Morgan fingerprint density at radius 1 is 1.58 bits per heavy atom. The minimum absolute atomic E-state index is 0.238. The van der Waals surface area contributed by atoms with Gasteiger partial charge in [-0.1, -0.05) is 11.6 Å². The monoisotopic (exact) mass is 345 g/mol. The molecule has 0 saturated heterocycles. The van der Waals surface area contributed by atoms with E-state index in [1.807, 2.05) is 18.5 Å². The smallest absolute Gasteiger partial charge is 0.337 e. The predicted molar refractivity (Wildman–Crippen MR) is 75.8 cm³/mol. The van der Waals surface area contributed by atoms with E-state index in [2.05, 4.69) is 21.0 Å². The number of halogens is 2. The minimum atomic E-state index is -0.953. The molecule has 0 unspecified atom stereocenters. The highest BCUT2D eigenvalue weighted by molar-refractivity contribution is 9.10. The van der Waals surface area contributed by atoms with Crippen molar-refractivity contribution in [2.45, 2.75) is 26.9 Å². The molecule has 0 aliphatic rings. The molecule has 2 heterocycles. The molecule has 2 aromatic heterocycles. The SMILES string of the molecule is CCn1nc(C)c(Cl)c1Cn1cc(C(=O)O)cc1Br. The van der Waals surface area contributed by atoms with Crippen molar-refractivity contribution in [1.29, 1.82) is 0 Å². The number of carboxylic acid groups (broad SMARTS) is 1. The van der Waals surface area contributed by atoms with Gasteiger partial charge in [-0.05, 0) is 35.8 Å². The molecule has 0 aromatic carbocycles. The number of rotatable bonds is 4. The Hall–Kier alpha value is -1.27. The molecule has 0 atom stereocenters. The normalized spacial score (nSPS) is 10.9. The Bertz CT molecular complexity index is 633. The van der Waals surface area contributed by atoms with Gasteiger partial charge in [-0.25, -0.2) is 4.79 Å². The fraction of sp³-hybridized carbons (Fsp3) is 0.333. The molecule has 0 aliphatic carbocycles. The highest BCUT2D eigenvalue weighted by atomic mass is 79.9. The Morgan fingerprint density at radius 3 is 2.79 bits per heavy atom. The lowest BCUT2D eigenvalue weighted by atomic mass is 10.3. The topological polar surface area (TPSA) is 60.0 Å². The quantitative estimate of drug-likeness (QED) is 0.925. The van der Waals surface area contributed by atoms with Gasteiger partial charge in [0.2, 0.25) is 0 Å². The minimum Gasteiger partial charge on any atom is -0.478 e. The third-order valence-electron chi connectivity index (χ3n) is 2.86. The number of aryl methyl sites for hydroxylation is 2. The predicted octanol–water partition coefficient (Wildman–Crippen LogP) is 3.18. The molecule has 1 N–H and O–H groups in total. The van der Waals surface area contributed by atoms with Crippen molar-refractivity contribution in [3.05, 3.63) is 38.8 Å². The van der Waals surface area contributed by atoms with Crippen LogP contribution in [0.2, 0.25) is 5.02 Å². The van der Waals surface area contributed by atoms with Gasteiger partial charge in [-0.2, -0.15) is 5.10 Å². The average Bonchev–Trinajstić information content (AvgIpc) is 2.85. The number of hydrogen-bond acceptors (Lipinski definition) is 2. The maximum Gasteiger partial charge on any atom is 0.337 e. The molecule has 0 saturated carbocycles. The highest BCUT2D eigenvalue weighted by Crippen LogP contribution is 2.24. The second-order valence-corrected chi connectivity index (χ2v) is 5.34. The second kappa shape index (κ2) is 5.38. The van der Waals surface area contributed by atoms with Crippen LogP contribution in [0.5, 0.6) is 0 Å². The number of carboxylic acids is 1. The van der Waals surface area contributed by atoms with E-state index in [1.54, 1.807) is 16.8 Å². The lowest BCUT2D eigenvalue weighted by Gasteiger charge is -2.08. The summed E-state index contributed by atoms with van der Waals surface area (Å²) in [5.74, 6) is -0.953. The third kappa shape index (κ3) is 2.69. The molecule has 0 fully saturated rings. The number of hydrogen-bond donors (Lipinski definition) is 1.